The summed E-state index contributed by atoms with van der Waals surface area (Å²) in [7, 11) is 1.37. The van der Waals surface area contributed by atoms with Crippen LogP contribution in [0.2, 0.25) is 0 Å². The van der Waals surface area contributed by atoms with Gasteiger partial charge in [0.25, 0.3) is 11.6 Å². The first-order valence-electron chi connectivity index (χ1n) is 7.15. The largest absolute Gasteiger partial charge is 0.469 e. The number of ether oxygens (including phenoxy) is 1. The average molecular weight is 306 g/mol. The molecule has 1 aromatic rings. The van der Waals surface area contributed by atoms with E-state index in [2.05, 4.69) is 5.32 Å². The topological polar surface area (TPSA) is 98.5 Å². The normalized spacial score (nSPS) is 21.0. The summed E-state index contributed by atoms with van der Waals surface area (Å²) in [4.78, 5) is 34.0. The predicted molar refractivity (Wildman–Crippen MR) is 78.3 cm³/mol. The van der Waals surface area contributed by atoms with Crippen LogP contribution in [-0.4, -0.2) is 30.0 Å². The van der Waals surface area contributed by atoms with E-state index >= 15 is 0 Å². The van der Waals surface area contributed by atoms with Crippen molar-refractivity contribution in [2.45, 2.75) is 31.7 Å². The van der Waals surface area contributed by atoms with Gasteiger partial charge in [0.05, 0.1) is 18.0 Å². The Morgan fingerprint density at radius 2 is 1.86 bits per heavy atom. The zero-order valence-electron chi connectivity index (χ0n) is 12.3. The average Bonchev–Trinajstić information content (AvgIpc) is 2.54. The molecule has 7 nitrogen and oxygen atoms in total. The van der Waals surface area contributed by atoms with Crippen molar-refractivity contribution in [3.63, 3.8) is 0 Å². The van der Waals surface area contributed by atoms with Gasteiger partial charge in [-0.05, 0) is 31.7 Å². The second-order valence-corrected chi connectivity index (χ2v) is 5.32. The minimum Gasteiger partial charge on any atom is -0.469 e. The van der Waals surface area contributed by atoms with Gasteiger partial charge in [0.15, 0.2) is 0 Å². The van der Waals surface area contributed by atoms with E-state index in [1.165, 1.54) is 25.3 Å². The van der Waals surface area contributed by atoms with Crippen LogP contribution in [0.15, 0.2) is 24.3 Å². The third-order valence-corrected chi connectivity index (χ3v) is 3.94. The molecule has 1 aliphatic rings. The highest BCUT2D eigenvalue weighted by atomic mass is 16.6. The maximum Gasteiger partial charge on any atom is 0.308 e. The van der Waals surface area contributed by atoms with Gasteiger partial charge in [0.2, 0.25) is 0 Å². The quantitative estimate of drug-likeness (QED) is 0.521. The van der Waals surface area contributed by atoms with E-state index < -0.39 is 10.8 Å². The number of amides is 1. The zero-order valence-corrected chi connectivity index (χ0v) is 12.3. The monoisotopic (exact) mass is 306 g/mol. The zero-order chi connectivity index (χ0) is 16.1. The number of methoxy groups -OCH3 is 1. The van der Waals surface area contributed by atoms with Gasteiger partial charge in [-0.15, -0.1) is 0 Å². The summed E-state index contributed by atoms with van der Waals surface area (Å²) < 4.78 is 4.72. The molecule has 0 atom stereocenters. The molecule has 2 rings (SSSR count). The van der Waals surface area contributed by atoms with Crippen molar-refractivity contribution >= 4 is 17.6 Å². The van der Waals surface area contributed by atoms with E-state index in [1.807, 2.05) is 0 Å². The molecule has 0 radical (unpaired) electrons. The lowest BCUT2D eigenvalue weighted by Gasteiger charge is -2.27. The molecule has 0 aromatic heterocycles. The van der Waals surface area contributed by atoms with Crippen LogP contribution in [-0.2, 0) is 9.53 Å². The van der Waals surface area contributed by atoms with Crippen LogP contribution in [0.5, 0.6) is 0 Å². The molecule has 118 valence electrons. The molecule has 0 aliphatic heterocycles. The second-order valence-electron chi connectivity index (χ2n) is 5.32. The molecule has 22 heavy (non-hydrogen) atoms. The predicted octanol–water partition coefficient (Wildman–Crippen LogP) is 2.06. The van der Waals surface area contributed by atoms with Gasteiger partial charge >= 0.3 is 5.97 Å². The van der Waals surface area contributed by atoms with Gasteiger partial charge < -0.3 is 10.1 Å². The third-order valence-electron chi connectivity index (χ3n) is 3.94. The number of rotatable bonds is 4. The van der Waals surface area contributed by atoms with Crippen molar-refractivity contribution in [3.05, 3.63) is 39.9 Å². The van der Waals surface area contributed by atoms with Gasteiger partial charge in [0.1, 0.15) is 5.56 Å². The lowest BCUT2D eigenvalue weighted by molar-refractivity contribution is -0.385. The van der Waals surface area contributed by atoms with Crippen molar-refractivity contribution in [2.24, 2.45) is 5.92 Å². The number of hydrogen-bond acceptors (Lipinski definition) is 5. The molecule has 0 saturated heterocycles. The molecule has 1 amide bonds. The summed E-state index contributed by atoms with van der Waals surface area (Å²) in [5.41, 5.74) is -0.147. The number of nitro benzene ring substituents is 1. The fraction of sp³-hybridized carbons (Fsp3) is 0.467. The van der Waals surface area contributed by atoms with E-state index in [0.29, 0.717) is 25.7 Å². The second kappa shape index (κ2) is 7.02. The maximum atomic E-state index is 12.2. The highest BCUT2D eigenvalue weighted by Crippen LogP contribution is 2.26. The number of carbonyl (C=O) groups excluding carboxylic acids is 2. The number of nitrogens with one attached hydrogen (secondary N) is 1. The molecule has 0 heterocycles. The van der Waals surface area contributed by atoms with Crippen LogP contribution in [0, 0.1) is 16.0 Å². The summed E-state index contributed by atoms with van der Waals surface area (Å²) in [6.45, 7) is 0. The number of para-hydroxylation sites is 1. The molecule has 0 bridgehead atoms. The number of carbonyl (C=O) groups is 2. The smallest absolute Gasteiger partial charge is 0.308 e. The van der Waals surface area contributed by atoms with Crippen LogP contribution in [0.4, 0.5) is 5.69 Å². The molecule has 7 heteroatoms. The highest BCUT2D eigenvalue weighted by Gasteiger charge is 2.29. The molecule has 1 aliphatic carbocycles. The van der Waals surface area contributed by atoms with E-state index in [9.17, 15) is 19.7 Å². The lowest BCUT2D eigenvalue weighted by Crippen LogP contribution is -2.39. The lowest BCUT2D eigenvalue weighted by atomic mass is 9.86. The number of nitro groups is 1. The first-order chi connectivity index (χ1) is 10.5. The van der Waals surface area contributed by atoms with Crippen molar-refractivity contribution in [1.29, 1.82) is 0 Å². The number of esters is 1. The van der Waals surface area contributed by atoms with Crippen molar-refractivity contribution in [2.75, 3.05) is 7.11 Å². The Labute approximate surface area is 127 Å². The third kappa shape index (κ3) is 3.60. The first-order valence-corrected chi connectivity index (χ1v) is 7.15. The van der Waals surface area contributed by atoms with Crippen molar-refractivity contribution in [3.8, 4) is 0 Å². The SMILES string of the molecule is COC(=O)[C@H]1CC[C@@H](NC(=O)c2ccccc2[N+](=O)[O-])CC1. The Balaban J connectivity index is 1.97. The first kappa shape index (κ1) is 15.9. The van der Waals surface area contributed by atoms with Gasteiger partial charge in [0, 0.05) is 12.1 Å². The Kier molecular flexibility index (Phi) is 5.08. The van der Waals surface area contributed by atoms with E-state index in [0.717, 1.165) is 0 Å². The fourth-order valence-electron chi connectivity index (χ4n) is 2.73. The van der Waals surface area contributed by atoms with Crippen LogP contribution in [0.1, 0.15) is 36.0 Å². The van der Waals surface area contributed by atoms with Crippen LogP contribution in [0.25, 0.3) is 0 Å². The van der Waals surface area contributed by atoms with Crippen molar-refractivity contribution < 1.29 is 19.2 Å². The van der Waals surface area contributed by atoms with E-state index in [1.54, 1.807) is 6.07 Å². The number of nitrogens with zero attached hydrogens (tertiary/aromatic N) is 1. The van der Waals surface area contributed by atoms with Crippen molar-refractivity contribution in [1.82, 2.24) is 5.32 Å². The molecular formula is C15H18N2O5. The Morgan fingerprint density at radius 1 is 1.23 bits per heavy atom. The summed E-state index contributed by atoms with van der Waals surface area (Å²) >= 11 is 0. The van der Waals surface area contributed by atoms with E-state index in [-0.39, 0.29) is 29.2 Å². The minimum atomic E-state index is -0.566. The molecule has 1 aromatic carbocycles. The van der Waals surface area contributed by atoms with Crippen LogP contribution >= 0.6 is 0 Å². The standard InChI is InChI=1S/C15H18N2O5/c1-22-15(19)10-6-8-11(9-7-10)16-14(18)12-4-2-3-5-13(12)17(20)21/h2-5,10-11H,6-9H2,1H3,(H,16,18)/t10-,11+. The number of benzene rings is 1. The van der Waals surface area contributed by atoms with Crippen LogP contribution < -0.4 is 5.32 Å². The molecule has 1 saturated carbocycles. The Hall–Kier alpha value is -2.44. The fourth-order valence-corrected chi connectivity index (χ4v) is 2.73. The maximum absolute atomic E-state index is 12.2. The Morgan fingerprint density at radius 3 is 2.45 bits per heavy atom. The molecular weight excluding hydrogens is 288 g/mol. The summed E-state index contributed by atoms with van der Waals surface area (Å²) in [5, 5.41) is 13.8. The summed E-state index contributed by atoms with van der Waals surface area (Å²) in [5.74, 6) is -0.790. The minimum absolute atomic E-state index is 0.0580. The molecule has 1 N–H and O–H groups in total. The number of hydrogen-bond donors (Lipinski definition) is 1. The Bertz CT molecular complexity index is 579. The molecule has 0 spiro atoms. The van der Waals surface area contributed by atoms with Gasteiger partial charge in [-0.25, -0.2) is 0 Å². The van der Waals surface area contributed by atoms with Gasteiger partial charge in [-0.1, -0.05) is 12.1 Å². The molecule has 0 unspecified atom stereocenters. The highest BCUT2D eigenvalue weighted by molar-refractivity contribution is 5.98. The van der Waals surface area contributed by atoms with Gasteiger partial charge in [-0.3, -0.25) is 19.7 Å². The summed E-state index contributed by atoms with van der Waals surface area (Å²) in [6.07, 6.45) is 2.61. The van der Waals surface area contributed by atoms with E-state index in [4.69, 9.17) is 4.74 Å². The van der Waals surface area contributed by atoms with Gasteiger partial charge in [-0.2, -0.15) is 0 Å². The van der Waals surface area contributed by atoms with Crippen LogP contribution in [0.3, 0.4) is 0 Å². The molecule has 1 fully saturated rings. The summed E-state index contributed by atoms with van der Waals surface area (Å²) in [6, 6.07) is 5.79.